The summed E-state index contributed by atoms with van der Waals surface area (Å²) in [7, 11) is -3.49. The molecule has 0 radical (unpaired) electrons. The largest absolute Gasteiger partial charge is 0.384 e. The topological polar surface area (TPSA) is 105 Å². The van der Waals surface area contributed by atoms with Crippen molar-refractivity contribution in [3.05, 3.63) is 29.8 Å². The lowest BCUT2D eigenvalue weighted by atomic mass is 10.2. The highest BCUT2D eigenvalue weighted by Crippen LogP contribution is 2.15. The van der Waals surface area contributed by atoms with Gasteiger partial charge >= 0.3 is 0 Å². The summed E-state index contributed by atoms with van der Waals surface area (Å²) in [6.07, 6.45) is 0. The van der Waals surface area contributed by atoms with Crippen molar-refractivity contribution < 1.29 is 13.2 Å². The summed E-state index contributed by atoms with van der Waals surface area (Å²) in [5.74, 6) is -0.314. The second kappa shape index (κ2) is 6.36. The second-order valence-electron chi connectivity index (χ2n) is 3.58. The van der Waals surface area contributed by atoms with Gasteiger partial charge in [-0.3, -0.25) is 10.1 Å². The van der Waals surface area contributed by atoms with Crippen molar-refractivity contribution in [1.82, 2.24) is 0 Å². The zero-order valence-corrected chi connectivity index (χ0v) is 11.0. The van der Waals surface area contributed by atoms with E-state index in [2.05, 4.69) is 4.72 Å². The van der Waals surface area contributed by atoms with Crippen molar-refractivity contribution in [2.45, 2.75) is 6.92 Å². The molecular formula is C11H17N3O3S. The van der Waals surface area contributed by atoms with Crippen molar-refractivity contribution in [3.63, 3.8) is 0 Å². The molecule has 0 bridgehead atoms. The first kappa shape index (κ1) is 14.5. The summed E-state index contributed by atoms with van der Waals surface area (Å²) >= 11 is 0. The molecule has 0 amide bonds. The number of para-hydroxylation sites is 1. The van der Waals surface area contributed by atoms with Gasteiger partial charge in [0.25, 0.3) is 0 Å². The second-order valence-corrected chi connectivity index (χ2v) is 5.42. The fourth-order valence-corrected chi connectivity index (χ4v) is 2.29. The van der Waals surface area contributed by atoms with Crippen molar-refractivity contribution >= 4 is 21.5 Å². The zero-order valence-electron chi connectivity index (χ0n) is 10.1. The van der Waals surface area contributed by atoms with Crippen LogP contribution in [0, 0.1) is 5.41 Å². The van der Waals surface area contributed by atoms with Crippen LogP contribution in [0.2, 0.25) is 0 Å². The molecule has 1 aromatic carbocycles. The molecule has 7 heteroatoms. The number of hydrogen-bond donors (Lipinski definition) is 3. The third-order valence-electron chi connectivity index (χ3n) is 2.18. The molecule has 0 aliphatic heterocycles. The van der Waals surface area contributed by atoms with E-state index >= 15 is 0 Å². The smallest absolute Gasteiger partial charge is 0.235 e. The summed E-state index contributed by atoms with van der Waals surface area (Å²) in [6.45, 7) is 2.40. The molecule has 18 heavy (non-hydrogen) atoms. The lowest BCUT2D eigenvalue weighted by Gasteiger charge is -2.11. The Morgan fingerprint density at radius 2 is 2.11 bits per heavy atom. The Morgan fingerprint density at radius 3 is 2.72 bits per heavy atom. The third-order valence-corrected chi connectivity index (χ3v) is 3.42. The lowest BCUT2D eigenvalue weighted by Crippen LogP contribution is -2.22. The van der Waals surface area contributed by atoms with Crippen LogP contribution in [0.4, 0.5) is 5.69 Å². The van der Waals surface area contributed by atoms with Gasteiger partial charge in [0, 0.05) is 12.2 Å². The van der Waals surface area contributed by atoms with Crippen LogP contribution in [0.1, 0.15) is 12.5 Å². The van der Waals surface area contributed by atoms with E-state index in [0.717, 1.165) is 0 Å². The summed E-state index contributed by atoms with van der Waals surface area (Å²) in [5.41, 5.74) is 6.04. The van der Waals surface area contributed by atoms with Gasteiger partial charge in [-0.25, -0.2) is 8.42 Å². The quantitative estimate of drug-likeness (QED) is 0.386. The maximum Gasteiger partial charge on any atom is 0.235 e. The van der Waals surface area contributed by atoms with E-state index in [1.54, 1.807) is 31.2 Å². The molecule has 0 atom stereocenters. The van der Waals surface area contributed by atoms with E-state index in [1.165, 1.54) is 0 Å². The van der Waals surface area contributed by atoms with E-state index in [-0.39, 0.29) is 18.2 Å². The number of ether oxygens (including phenoxy) is 1. The highest BCUT2D eigenvalue weighted by Gasteiger charge is 2.13. The van der Waals surface area contributed by atoms with Gasteiger partial charge < -0.3 is 10.5 Å². The van der Waals surface area contributed by atoms with Gasteiger partial charge in [0.15, 0.2) is 0 Å². The summed E-state index contributed by atoms with van der Waals surface area (Å²) in [4.78, 5) is 0. The zero-order chi connectivity index (χ0) is 13.6. The van der Waals surface area contributed by atoms with Crippen LogP contribution < -0.4 is 10.5 Å². The van der Waals surface area contributed by atoms with Crippen LogP contribution in [0.5, 0.6) is 0 Å². The van der Waals surface area contributed by atoms with Crippen LogP contribution in [0.25, 0.3) is 0 Å². The maximum atomic E-state index is 11.7. The minimum Gasteiger partial charge on any atom is -0.384 e. The molecule has 0 saturated carbocycles. The average molecular weight is 271 g/mol. The Kier molecular flexibility index (Phi) is 5.11. The Hall–Kier alpha value is -1.60. The molecule has 100 valence electrons. The van der Waals surface area contributed by atoms with Crippen LogP contribution in [0.15, 0.2) is 24.3 Å². The van der Waals surface area contributed by atoms with E-state index in [4.69, 9.17) is 15.9 Å². The molecule has 0 saturated heterocycles. The number of sulfonamides is 1. The van der Waals surface area contributed by atoms with E-state index in [1.807, 2.05) is 0 Å². The SMILES string of the molecule is CCOCCS(=O)(=O)Nc1ccccc1C(=N)N. The Morgan fingerprint density at radius 1 is 1.44 bits per heavy atom. The molecular weight excluding hydrogens is 254 g/mol. The normalized spacial score (nSPS) is 11.2. The van der Waals surface area contributed by atoms with Crippen LogP contribution >= 0.6 is 0 Å². The number of anilines is 1. The summed E-state index contributed by atoms with van der Waals surface area (Å²) in [6, 6.07) is 6.51. The number of rotatable bonds is 7. The van der Waals surface area contributed by atoms with Gasteiger partial charge in [-0.1, -0.05) is 12.1 Å². The monoisotopic (exact) mass is 271 g/mol. The molecule has 1 aromatic rings. The minimum atomic E-state index is -3.49. The number of benzene rings is 1. The Bertz CT molecular complexity index is 514. The number of hydrogen-bond acceptors (Lipinski definition) is 4. The molecule has 0 heterocycles. The number of nitrogen functional groups attached to an aromatic ring is 1. The van der Waals surface area contributed by atoms with E-state index in [0.29, 0.717) is 17.9 Å². The molecule has 0 aliphatic rings. The fraction of sp³-hybridized carbons (Fsp3) is 0.364. The maximum absolute atomic E-state index is 11.7. The first-order chi connectivity index (χ1) is 8.46. The standard InChI is InChI=1S/C11H17N3O3S/c1-2-17-7-8-18(15,16)14-10-6-4-3-5-9(10)11(12)13/h3-6,14H,2,7-8H2,1H3,(H3,12,13). The van der Waals surface area contributed by atoms with E-state index in [9.17, 15) is 8.42 Å². The predicted octanol–water partition coefficient (Wildman–Crippen LogP) is 0.749. The summed E-state index contributed by atoms with van der Waals surface area (Å²) in [5, 5.41) is 7.37. The Labute approximate surface area is 107 Å². The highest BCUT2D eigenvalue weighted by molar-refractivity contribution is 7.92. The molecule has 0 fully saturated rings. The predicted molar refractivity (Wildman–Crippen MR) is 71.4 cm³/mol. The van der Waals surface area contributed by atoms with Gasteiger partial charge in [-0.15, -0.1) is 0 Å². The fourth-order valence-electron chi connectivity index (χ4n) is 1.34. The Balaban J connectivity index is 2.81. The van der Waals surface area contributed by atoms with Crippen molar-refractivity contribution in [2.75, 3.05) is 23.7 Å². The van der Waals surface area contributed by atoms with Gasteiger partial charge in [0.05, 0.1) is 18.0 Å². The van der Waals surface area contributed by atoms with Crippen molar-refractivity contribution in [3.8, 4) is 0 Å². The molecule has 0 spiro atoms. The third kappa shape index (κ3) is 4.34. The number of nitrogens with one attached hydrogen (secondary N) is 2. The van der Waals surface area contributed by atoms with Crippen LogP contribution in [0.3, 0.4) is 0 Å². The van der Waals surface area contributed by atoms with Crippen molar-refractivity contribution in [2.24, 2.45) is 5.73 Å². The first-order valence-electron chi connectivity index (χ1n) is 5.48. The minimum absolute atomic E-state index is 0.132. The van der Waals surface area contributed by atoms with Gasteiger partial charge in [0.1, 0.15) is 5.84 Å². The molecule has 0 aromatic heterocycles. The van der Waals surface area contributed by atoms with Crippen molar-refractivity contribution in [1.29, 1.82) is 5.41 Å². The van der Waals surface area contributed by atoms with Gasteiger partial charge in [-0.05, 0) is 19.1 Å². The molecule has 0 unspecified atom stereocenters. The van der Waals surface area contributed by atoms with Crippen LogP contribution in [-0.4, -0.2) is 33.2 Å². The number of amidine groups is 1. The molecule has 1 rings (SSSR count). The number of nitrogens with two attached hydrogens (primary N) is 1. The van der Waals surface area contributed by atoms with Gasteiger partial charge in [-0.2, -0.15) is 0 Å². The molecule has 0 aliphatic carbocycles. The molecule has 6 nitrogen and oxygen atoms in total. The van der Waals surface area contributed by atoms with E-state index < -0.39 is 10.0 Å². The lowest BCUT2D eigenvalue weighted by molar-refractivity contribution is 0.163. The van der Waals surface area contributed by atoms with Crippen LogP contribution in [-0.2, 0) is 14.8 Å². The molecule has 4 N–H and O–H groups in total. The summed E-state index contributed by atoms with van der Waals surface area (Å²) < 4.78 is 30.9. The highest BCUT2D eigenvalue weighted by atomic mass is 32.2. The first-order valence-corrected chi connectivity index (χ1v) is 7.13. The van der Waals surface area contributed by atoms with Gasteiger partial charge in [0.2, 0.25) is 10.0 Å². The average Bonchev–Trinajstić information content (AvgIpc) is 2.29.